The van der Waals surface area contributed by atoms with E-state index >= 15 is 0 Å². The Balaban J connectivity index is 3.05. The summed E-state index contributed by atoms with van der Waals surface area (Å²) in [6, 6.07) is 1.48. The predicted molar refractivity (Wildman–Crippen MR) is 88.4 cm³/mol. The topological polar surface area (TPSA) is 83.1 Å². The summed E-state index contributed by atoms with van der Waals surface area (Å²) >= 11 is 0. The maximum absolute atomic E-state index is 14.0. The largest absolute Gasteiger partial charge is 0.496 e. The summed E-state index contributed by atoms with van der Waals surface area (Å²) in [5, 5.41) is 2.43. The Morgan fingerprint density at radius 1 is 1.12 bits per heavy atom. The van der Waals surface area contributed by atoms with Gasteiger partial charge in [-0.2, -0.15) is 0 Å². The molecule has 0 spiro atoms. The van der Waals surface area contributed by atoms with Gasteiger partial charge in [-0.15, -0.1) is 0 Å². The molecule has 1 unspecified atom stereocenters. The lowest BCUT2D eigenvalue weighted by atomic mass is 10.0. The van der Waals surface area contributed by atoms with E-state index in [-0.39, 0.29) is 12.2 Å². The van der Waals surface area contributed by atoms with Gasteiger partial charge in [0, 0.05) is 12.5 Å². The van der Waals surface area contributed by atoms with Crippen molar-refractivity contribution < 1.29 is 32.9 Å². The molecule has 0 saturated carbocycles. The van der Waals surface area contributed by atoms with Gasteiger partial charge in [-0.05, 0) is 32.4 Å². The summed E-state index contributed by atoms with van der Waals surface area (Å²) in [5.41, 5.74) is -0.360. The zero-order valence-corrected chi connectivity index (χ0v) is 15.3. The minimum absolute atomic E-state index is 0.00956. The number of esters is 1. The second kappa shape index (κ2) is 8.55. The second-order valence-corrected chi connectivity index (χ2v) is 6.22. The lowest BCUT2D eigenvalue weighted by Crippen LogP contribution is -2.45. The molecule has 0 bridgehead atoms. The van der Waals surface area contributed by atoms with Crippen LogP contribution in [0.2, 0.25) is 0 Å². The summed E-state index contributed by atoms with van der Waals surface area (Å²) in [6.07, 6.45) is -0.827. The normalized spacial score (nSPS) is 12.1. The lowest BCUT2D eigenvalue weighted by molar-refractivity contribution is -0.143. The fraction of sp³-hybridized carbons (Fsp3) is 0.529. The Bertz CT molecular complexity index is 626. The van der Waals surface area contributed by atoms with Crippen molar-refractivity contribution in [3.05, 3.63) is 23.5 Å². The number of hydrogen-bond acceptors (Lipinski definition) is 6. The summed E-state index contributed by atoms with van der Waals surface area (Å²) in [7, 11) is 3.93. The molecule has 140 valence electrons. The van der Waals surface area contributed by atoms with Gasteiger partial charge in [0.25, 0.3) is 0 Å². The zero-order valence-electron chi connectivity index (χ0n) is 15.3. The minimum atomic E-state index is -1.07. The van der Waals surface area contributed by atoms with Crippen molar-refractivity contribution in [2.75, 3.05) is 21.3 Å². The van der Waals surface area contributed by atoms with Crippen LogP contribution >= 0.6 is 0 Å². The third-order valence-corrected chi connectivity index (χ3v) is 3.16. The van der Waals surface area contributed by atoms with Crippen LogP contribution in [-0.4, -0.2) is 45.0 Å². The molecule has 1 aromatic carbocycles. The monoisotopic (exact) mass is 357 g/mol. The number of carbonyl (C=O) groups is 2. The first-order valence-corrected chi connectivity index (χ1v) is 7.59. The maximum atomic E-state index is 14.0. The molecule has 0 aliphatic heterocycles. The van der Waals surface area contributed by atoms with E-state index in [2.05, 4.69) is 5.32 Å². The number of hydrogen-bond donors (Lipinski definition) is 1. The van der Waals surface area contributed by atoms with Crippen LogP contribution in [0.1, 0.15) is 26.3 Å². The molecule has 25 heavy (non-hydrogen) atoms. The van der Waals surface area contributed by atoms with Gasteiger partial charge in [-0.1, -0.05) is 0 Å². The van der Waals surface area contributed by atoms with E-state index in [1.54, 1.807) is 20.8 Å². The lowest BCUT2D eigenvalue weighted by Gasteiger charge is -2.23. The molecule has 0 aliphatic carbocycles. The van der Waals surface area contributed by atoms with Gasteiger partial charge in [0.1, 0.15) is 17.4 Å². The fourth-order valence-corrected chi connectivity index (χ4v) is 2.09. The van der Waals surface area contributed by atoms with Gasteiger partial charge in [-0.25, -0.2) is 14.0 Å². The van der Waals surface area contributed by atoms with E-state index in [4.69, 9.17) is 18.9 Å². The highest BCUT2D eigenvalue weighted by Gasteiger charge is 2.27. The highest BCUT2D eigenvalue weighted by molar-refractivity contribution is 5.81. The van der Waals surface area contributed by atoms with Crippen LogP contribution in [0.3, 0.4) is 0 Å². The molecule has 0 heterocycles. The first-order valence-electron chi connectivity index (χ1n) is 7.59. The Hall–Kier alpha value is -2.51. The molecule has 0 fully saturated rings. The molecule has 1 amide bonds. The Kier molecular flexibility index (Phi) is 7.02. The molecule has 0 radical (unpaired) electrons. The summed E-state index contributed by atoms with van der Waals surface area (Å²) in [4.78, 5) is 23.9. The smallest absolute Gasteiger partial charge is 0.408 e. The molecule has 0 saturated heterocycles. The number of ether oxygens (including phenoxy) is 4. The van der Waals surface area contributed by atoms with Gasteiger partial charge in [-0.3, -0.25) is 0 Å². The van der Waals surface area contributed by atoms with E-state index in [9.17, 15) is 14.0 Å². The van der Waals surface area contributed by atoms with Crippen molar-refractivity contribution in [3.8, 4) is 11.5 Å². The number of methoxy groups -OCH3 is 3. The summed E-state index contributed by atoms with van der Waals surface area (Å²) in [5.74, 6) is -0.975. The third-order valence-electron chi connectivity index (χ3n) is 3.16. The van der Waals surface area contributed by atoms with Crippen molar-refractivity contribution in [1.29, 1.82) is 0 Å². The average Bonchev–Trinajstić information content (AvgIpc) is 2.51. The first kappa shape index (κ1) is 20.5. The highest BCUT2D eigenvalue weighted by Crippen LogP contribution is 2.29. The number of alkyl carbamates (subject to hydrolysis) is 1. The quantitative estimate of drug-likeness (QED) is 0.788. The fourth-order valence-electron chi connectivity index (χ4n) is 2.09. The predicted octanol–water partition coefficient (Wildman–Crippen LogP) is 2.45. The molecule has 1 rings (SSSR count). The van der Waals surface area contributed by atoms with E-state index in [0.717, 1.165) is 0 Å². The number of rotatable bonds is 6. The van der Waals surface area contributed by atoms with Crippen LogP contribution in [0.4, 0.5) is 9.18 Å². The van der Waals surface area contributed by atoms with Crippen LogP contribution < -0.4 is 14.8 Å². The van der Waals surface area contributed by atoms with Crippen molar-refractivity contribution >= 4 is 12.1 Å². The van der Waals surface area contributed by atoms with Crippen molar-refractivity contribution in [2.24, 2.45) is 0 Å². The van der Waals surface area contributed by atoms with E-state index in [0.29, 0.717) is 11.3 Å². The zero-order chi connectivity index (χ0) is 19.2. The van der Waals surface area contributed by atoms with Gasteiger partial charge >= 0.3 is 12.1 Å². The number of nitrogens with one attached hydrogen (secondary N) is 1. The highest BCUT2D eigenvalue weighted by atomic mass is 19.1. The van der Waals surface area contributed by atoms with Gasteiger partial charge in [0.15, 0.2) is 11.6 Å². The second-order valence-electron chi connectivity index (χ2n) is 6.22. The van der Waals surface area contributed by atoms with E-state index in [1.807, 2.05) is 0 Å². The third kappa shape index (κ3) is 6.13. The maximum Gasteiger partial charge on any atom is 0.408 e. The van der Waals surface area contributed by atoms with Gasteiger partial charge in [0.05, 0.1) is 21.3 Å². The number of amides is 1. The number of halogens is 1. The number of benzene rings is 1. The molecule has 0 aromatic heterocycles. The minimum Gasteiger partial charge on any atom is -0.496 e. The summed E-state index contributed by atoms with van der Waals surface area (Å²) in [6.45, 7) is 5.09. The molecular weight excluding hydrogens is 333 g/mol. The first-order chi connectivity index (χ1) is 11.6. The van der Waals surface area contributed by atoms with Crippen LogP contribution in [0, 0.1) is 5.82 Å². The van der Waals surface area contributed by atoms with Crippen molar-refractivity contribution in [2.45, 2.75) is 38.8 Å². The standard InChI is InChI=1S/C17H24FNO6/c1-17(2,3)25-16(21)19-12(15(20)24-6)8-10-7-11(18)14(23-5)9-13(10)22-4/h7,9,12H,8H2,1-6H3,(H,19,21). The number of carbonyl (C=O) groups excluding carboxylic acids is 2. The Labute approximate surface area is 146 Å². The van der Waals surface area contributed by atoms with Crippen molar-refractivity contribution in [3.63, 3.8) is 0 Å². The van der Waals surface area contributed by atoms with Gasteiger partial charge < -0.3 is 24.3 Å². The van der Waals surface area contributed by atoms with E-state index in [1.165, 1.54) is 33.5 Å². The molecule has 8 heteroatoms. The van der Waals surface area contributed by atoms with Crippen LogP contribution in [0.25, 0.3) is 0 Å². The van der Waals surface area contributed by atoms with Crippen LogP contribution in [-0.2, 0) is 20.7 Å². The van der Waals surface area contributed by atoms with Crippen molar-refractivity contribution in [1.82, 2.24) is 5.32 Å². The van der Waals surface area contributed by atoms with Gasteiger partial charge in [0.2, 0.25) is 0 Å². The Morgan fingerprint density at radius 2 is 1.72 bits per heavy atom. The molecule has 1 atom stereocenters. The molecular formula is C17H24FNO6. The average molecular weight is 357 g/mol. The molecule has 7 nitrogen and oxygen atoms in total. The molecule has 1 N–H and O–H groups in total. The van der Waals surface area contributed by atoms with Crippen LogP contribution in [0.15, 0.2) is 12.1 Å². The van der Waals surface area contributed by atoms with E-state index < -0.39 is 29.5 Å². The molecule has 1 aromatic rings. The Morgan fingerprint density at radius 3 is 2.20 bits per heavy atom. The van der Waals surface area contributed by atoms with Crippen LogP contribution in [0.5, 0.6) is 11.5 Å². The molecule has 0 aliphatic rings. The summed E-state index contributed by atoms with van der Waals surface area (Å²) < 4.78 is 33.9. The SMILES string of the molecule is COC(=O)C(Cc1cc(F)c(OC)cc1OC)NC(=O)OC(C)(C)C.